The van der Waals surface area contributed by atoms with Gasteiger partial charge in [0.2, 0.25) is 5.91 Å². The van der Waals surface area contributed by atoms with Gasteiger partial charge in [0.1, 0.15) is 5.75 Å². The molecule has 0 saturated carbocycles. The minimum Gasteiger partial charge on any atom is -0.496 e. The van der Waals surface area contributed by atoms with E-state index in [2.05, 4.69) is 15.3 Å². The summed E-state index contributed by atoms with van der Waals surface area (Å²) in [5.41, 5.74) is 1.47. The second-order valence-corrected chi connectivity index (χ2v) is 6.58. The quantitative estimate of drug-likeness (QED) is 0.558. The maximum atomic E-state index is 12.2. The van der Waals surface area contributed by atoms with Crippen molar-refractivity contribution in [1.82, 2.24) is 15.3 Å². The average Bonchev–Trinajstić information content (AvgIpc) is 2.59. The molecule has 0 aliphatic heterocycles. The van der Waals surface area contributed by atoms with Crippen LogP contribution in [0.3, 0.4) is 0 Å². The fourth-order valence-electron chi connectivity index (χ4n) is 2.45. The van der Waals surface area contributed by atoms with E-state index >= 15 is 0 Å². The Kier molecular flexibility index (Phi) is 7.06. The Morgan fingerprint density at radius 3 is 2.88 bits per heavy atom. The zero-order valence-corrected chi connectivity index (χ0v) is 15.5. The Bertz CT molecular complexity index is 776. The molecule has 0 aliphatic rings. The molecule has 0 spiro atoms. The molecule has 1 unspecified atom stereocenters. The van der Waals surface area contributed by atoms with Crippen molar-refractivity contribution in [2.24, 2.45) is 0 Å². The summed E-state index contributed by atoms with van der Waals surface area (Å²) in [5, 5.41) is 3.40. The van der Waals surface area contributed by atoms with Gasteiger partial charge in [-0.2, -0.15) is 0 Å². The third kappa shape index (κ3) is 5.63. The number of carbonyl (C=O) groups excluding carboxylic acids is 1. The number of methoxy groups -OCH3 is 1. The number of ether oxygens (including phenoxy) is 1. The van der Waals surface area contributed by atoms with Crippen molar-refractivity contribution in [3.63, 3.8) is 0 Å². The summed E-state index contributed by atoms with van der Waals surface area (Å²) in [6, 6.07) is 8.89. The highest BCUT2D eigenvalue weighted by Gasteiger charge is 2.14. The predicted molar refractivity (Wildman–Crippen MR) is 99.1 cm³/mol. The van der Waals surface area contributed by atoms with Gasteiger partial charge in [-0.05, 0) is 19.4 Å². The number of benzene rings is 1. The summed E-state index contributed by atoms with van der Waals surface area (Å²) in [6.07, 6.45) is 1.66. The smallest absolute Gasteiger partial charge is 0.251 e. The fraction of sp³-hybridized carbons (Fsp3) is 0.389. The molecule has 25 heavy (non-hydrogen) atoms. The molecular weight excluding hydrogens is 338 g/mol. The van der Waals surface area contributed by atoms with Crippen LogP contribution in [0.2, 0.25) is 0 Å². The lowest BCUT2D eigenvalue weighted by Crippen LogP contribution is -2.28. The lowest BCUT2D eigenvalue weighted by atomic mass is 10.1. The molecular formula is C18H23N3O3S. The van der Waals surface area contributed by atoms with Gasteiger partial charge in [-0.15, -0.1) is 0 Å². The Hall–Kier alpha value is -2.28. The van der Waals surface area contributed by atoms with Gasteiger partial charge in [0.25, 0.3) is 5.56 Å². The third-order valence-electron chi connectivity index (χ3n) is 3.60. The molecule has 0 radical (unpaired) electrons. The maximum absolute atomic E-state index is 12.2. The molecule has 134 valence electrons. The number of aromatic amines is 1. The van der Waals surface area contributed by atoms with Crippen LogP contribution >= 0.6 is 11.8 Å². The van der Waals surface area contributed by atoms with Gasteiger partial charge < -0.3 is 15.0 Å². The van der Waals surface area contributed by atoms with Crippen molar-refractivity contribution in [1.29, 1.82) is 0 Å². The second kappa shape index (κ2) is 9.27. The molecule has 2 rings (SSSR count). The number of nitrogens with zero attached hydrogens (tertiary/aromatic N) is 1. The number of hydrogen-bond acceptors (Lipinski definition) is 5. The van der Waals surface area contributed by atoms with E-state index in [0.717, 1.165) is 29.8 Å². The van der Waals surface area contributed by atoms with Gasteiger partial charge in [-0.25, -0.2) is 4.98 Å². The first-order valence-electron chi connectivity index (χ1n) is 8.18. The molecule has 0 fully saturated rings. The number of nitrogens with one attached hydrogen (secondary N) is 2. The summed E-state index contributed by atoms with van der Waals surface area (Å²) in [7, 11) is 1.61. The molecule has 1 aromatic heterocycles. The zero-order valence-electron chi connectivity index (χ0n) is 14.7. The number of para-hydroxylation sites is 1. The van der Waals surface area contributed by atoms with E-state index in [1.807, 2.05) is 38.1 Å². The highest BCUT2D eigenvalue weighted by molar-refractivity contribution is 7.99. The van der Waals surface area contributed by atoms with Crippen molar-refractivity contribution in [2.45, 2.75) is 37.9 Å². The zero-order chi connectivity index (χ0) is 18.2. The van der Waals surface area contributed by atoms with E-state index in [4.69, 9.17) is 4.74 Å². The first-order chi connectivity index (χ1) is 12.0. The summed E-state index contributed by atoms with van der Waals surface area (Å²) in [5.74, 6) is 0.783. The normalized spacial score (nSPS) is 11.8. The molecule has 2 aromatic rings. The first kappa shape index (κ1) is 19.1. The first-order valence-corrected chi connectivity index (χ1v) is 9.17. The average molecular weight is 361 g/mol. The van der Waals surface area contributed by atoms with E-state index < -0.39 is 0 Å². The van der Waals surface area contributed by atoms with Crippen LogP contribution in [0.15, 0.2) is 40.3 Å². The van der Waals surface area contributed by atoms with E-state index in [1.54, 1.807) is 7.11 Å². The maximum Gasteiger partial charge on any atom is 0.251 e. The van der Waals surface area contributed by atoms with Crippen LogP contribution in [-0.2, 0) is 11.2 Å². The number of aryl methyl sites for hydroxylation is 1. The largest absolute Gasteiger partial charge is 0.496 e. The lowest BCUT2D eigenvalue weighted by Gasteiger charge is -2.17. The van der Waals surface area contributed by atoms with Crippen molar-refractivity contribution in [2.75, 3.05) is 12.9 Å². The molecule has 0 bridgehead atoms. The van der Waals surface area contributed by atoms with E-state index in [1.165, 1.54) is 17.8 Å². The van der Waals surface area contributed by atoms with Crippen molar-refractivity contribution in [3.05, 3.63) is 51.9 Å². The number of rotatable bonds is 8. The van der Waals surface area contributed by atoms with Crippen LogP contribution in [0.25, 0.3) is 0 Å². The van der Waals surface area contributed by atoms with E-state index in [-0.39, 0.29) is 23.3 Å². The minimum atomic E-state index is -0.191. The molecule has 1 amide bonds. The Labute approximate surface area is 151 Å². The molecule has 2 N–H and O–H groups in total. The van der Waals surface area contributed by atoms with Gasteiger partial charge in [0, 0.05) is 17.3 Å². The topological polar surface area (TPSA) is 84.1 Å². The molecule has 1 aromatic carbocycles. The number of aromatic nitrogens is 2. The molecule has 7 heteroatoms. The van der Waals surface area contributed by atoms with Gasteiger partial charge in [0.15, 0.2) is 5.16 Å². The molecule has 0 aliphatic carbocycles. The highest BCUT2D eigenvalue weighted by atomic mass is 32.2. The lowest BCUT2D eigenvalue weighted by molar-refractivity contribution is -0.119. The summed E-state index contributed by atoms with van der Waals surface area (Å²) < 4.78 is 5.32. The van der Waals surface area contributed by atoms with Crippen molar-refractivity contribution in [3.8, 4) is 5.75 Å². The Morgan fingerprint density at radius 1 is 1.40 bits per heavy atom. The molecule has 6 nitrogen and oxygen atoms in total. The van der Waals surface area contributed by atoms with Gasteiger partial charge in [-0.1, -0.05) is 43.3 Å². The number of H-pyrrole nitrogens is 1. The molecule has 0 saturated heterocycles. The SMILES string of the molecule is CCCc1cc(=O)[nH]c(SCC(=O)NC(C)c2ccccc2OC)n1. The van der Waals surface area contributed by atoms with Crippen molar-refractivity contribution < 1.29 is 9.53 Å². The summed E-state index contributed by atoms with van der Waals surface area (Å²) in [4.78, 5) is 30.9. The van der Waals surface area contributed by atoms with Crippen LogP contribution in [-0.4, -0.2) is 28.7 Å². The van der Waals surface area contributed by atoms with Gasteiger partial charge in [-0.3, -0.25) is 9.59 Å². The number of carbonyl (C=O) groups is 1. The summed E-state index contributed by atoms with van der Waals surface area (Å²) in [6.45, 7) is 3.94. The number of thioether (sulfide) groups is 1. The van der Waals surface area contributed by atoms with Crippen LogP contribution in [0, 0.1) is 0 Å². The highest BCUT2D eigenvalue weighted by Crippen LogP contribution is 2.24. The van der Waals surface area contributed by atoms with Crippen LogP contribution in [0.4, 0.5) is 0 Å². The Morgan fingerprint density at radius 2 is 2.16 bits per heavy atom. The van der Waals surface area contributed by atoms with Crippen LogP contribution in [0.5, 0.6) is 5.75 Å². The molecule has 1 atom stereocenters. The minimum absolute atomic E-state index is 0.132. The third-order valence-corrected chi connectivity index (χ3v) is 4.48. The predicted octanol–water partition coefficient (Wildman–Crippen LogP) is 2.70. The van der Waals surface area contributed by atoms with E-state index in [0.29, 0.717) is 5.16 Å². The second-order valence-electron chi connectivity index (χ2n) is 5.61. The van der Waals surface area contributed by atoms with Crippen LogP contribution in [0.1, 0.15) is 37.6 Å². The van der Waals surface area contributed by atoms with Crippen molar-refractivity contribution >= 4 is 17.7 Å². The summed E-state index contributed by atoms with van der Waals surface area (Å²) >= 11 is 1.22. The standard InChI is InChI=1S/C18H23N3O3S/c1-4-7-13-10-16(22)21-18(20-13)25-11-17(23)19-12(2)14-8-5-6-9-15(14)24-3/h5-6,8-10,12H,4,7,11H2,1-3H3,(H,19,23)(H,20,21,22). The number of amides is 1. The fourth-order valence-corrected chi connectivity index (χ4v) is 3.16. The van der Waals surface area contributed by atoms with E-state index in [9.17, 15) is 9.59 Å². The number of hydrogen-bond donors (Lipinski definition) is 2. The van der Waals surface area contributed by atoms with Crippen LogP contribution < -0.4 is 15.6 Å². The van der Waals surface area contributed by atoms with Gasteiger partial charge in [0.05, 0.1) is 18.9 Å². The Balaban J connectivity index is 1.95. The monoisotopic (exact) mass is 361 g/mol. The van der Waals surface area contributed by atoms with Gasteiger partial charge >= 0.3 is 0 Å². The molecule has 1 heterocycles.